The highest BCUT2D eigenvalue weighted by Gasteiger charge is 2.24. The quantitative estimate of drug-likeness (QED) is 0.349. The van der Waals surface area contributed by atoms with Crippen molar-refractivity contribution in [1.82, 2.24) is 24.6 Å². The fourth-order valence-electron chi connectivity index (χ4n) is 4.92. The monoisotopic (exact) mass is 501 g/mol. The summed E-state index contributed by atoms with van der Waals surface area (Å²) in [5, 5.41) is 4.88. The van der Waals surface area contributed by atoms with Crippen molar-refractivity contribution < 1.29 is 27.5 Å². The summed E-state index contributed by atoms with van der Waals surface area (Å²) in [4.78, 5) is 11.8. The van der Waals surface area contributed by atoms with Gasteiger partial charge in [0.25, 0.3) is 0 Å². The maximum absolute atomic E-state index is 12.9. The largest absolute Gasteiger partial charge is 0.496 e. The summed E-state index contributed by atoms with van der Waals surface area (Å²) < 4.78 is 49.1. The topological polar surface area (TPSA) is 87.7 Å². The molecule has 0 amide bonds. The third kappa shape index (κ3) is 4.54. The summed E-state index contributed by atoms with van der Waals surface area (Å²) in [5.41, 5.74) is 4.64. The van der Waals surface area contributed by atoms with E-state index in [2.05, 4.69) is 15.0 Å². The van der Waals surface area contributed by atoms with Crippen LogP contribution in [0.1, 0.15) is 30.2 Å². The van der Waals surface area contributed by atoms with Gasteiger partial charge in [0.15, 0.2) is 0 Å². The number of methoxy groups -OCH3 is 1. The molecule has 3 aromatic heterocycles. The van der Waals surface area contributed by atoms with Gasteiger partial charge < -0.3 is 23.3 Å². The maximum atomic E-state index is 12.9. The standard InChI is InChI=1S/C25H29F2N5O4/c1-14(13-35-25(26)27)32-22(12-31-5-7-34-8-6-31)29-20-11-28-19-9-18(23-15(2)30-36-16(23)3)21(33-4)10-17(19)24(20)32/h9-11,14,25H,5-8,12-13H2,1-4H3. The number of ether oxygens (including phenoxy) is 3. The molecule has 0 spiro atoms. The first-order valence-electron chi connectivity index (χ1n) is 11.9. The van der Waals surface area contributed by atoms with Crippen LogP contribution in [0.2, 0.25) is 0 Å². The third-order valence-electron chi connectivity index (χ3n) is 6.59. The normalized spacial score (nSPS) is 15.9. The van der Waals surface area contributed by atoms with E-state index in [1.807, 2.05) is 37.5 Å². The van der Waals surface area contributed by atoms with E-state index in [4.69, 9.17) is 23.7 Å². The maximum Gasteiger partial charge on any atom is 0.345 e. The van der Waals surface area contributed by atoms with E-state index in [9.17, 15) is 8.78 Å². The van der Waals surface area contributed by atoms with E-state index in [0.717, 1.165) is 52.2 Å². The van der Waals surface area contributed by atoms with E-state index in [0.29, 0.717) is 36.8 Å². The van der Waals surface area contributed by atoms with Crippen LogP contribution in [-0.2, 0) is 16.0 Å². The van der Waals surface area contributed by atoms with E-state index < -0.39 is 6.61 Å². The number of morpholine rings is 1. The van der Waals surface area contributed by atoms with E-state index in [-0.39, 0.29) is 12.6 Å². The predicted octanol–water partition coefficient (Wildman–Crippen LogP) is 4.50. The number of hydrogen-bond donors (Lipinski definition) is 0. The molecule has 0 radical (unpaired) electrons. The van der Waals surface area contributed by atoms with Crippen molar-refractivity contribution in [3.05, 3.63) is 35.6 Å². The summed E-state index contributed by atoms with van der Waals surface area (Å²) in [6.45, 7) is 6.00. The van der Waals surface area contributed by atoms with Gasteiger partial charge in [0.2, 0.25) is 0 Å². The molecule has 1 unspecified atom stereocenters. The van der Waals surface area contributed by atoms with Crippen molar-refractivity contribution >= 4 is 21.9 Å². The molecule has 1 aliphatic rings. The molecule has 5 rings (SSSR count). The summed E-state index contributed by atoms with van der Waals surface area (Å²) >= 11 is 0. The summed E-state index contributed by atoms with van der Waals surface area (Å²) in [6, 6.07) is 3.47. The Balaban J connectivity index is 1.69. The Morgan fingerprint density at radius 3 is 2.58 bits per heavy atom. The Bertz CT molecular complexity index is 1360. The number of fused-ring (bicyclic) bond motifs is 3. The first kappa shape index (κ1) is 24.5. The molecule has 1 fully saturated rings. The number of alkyl halides is 2. The molecule has 4 aromatic rings. The molecule has 4 heterocycles. The highest BCUT2D eigenvalue weighted by atomic mass is 19.3. The molecule has 0 saturated carbocycles. The smallest absolute Gasteiger partial charge is 0.345 e. The molecular weight excluding hydrogens is 472 g/mol. The predicted molar refractivity (Wildman–Crippen MR) is 129 cm³/mol. The van der Waals surface area contributed by atoms with Gasteiger partial charge >= 0.3 is 6.61 Å². The van der Waals surface area contributed by atoms with Crippen LogP contribution in [0.5, 0.6) is 5.75 Å². The van der Waals surface area contributed by atoms with Gasteiger partial charge in [-0.3, -0.25) is 9.88 Å². The first-order chi connectivity index (χ1) is 17.4. The number of aryl methyl sites for hydroxylation is 2. The molecule has 1 aliphatic heterocycles. The molecular formula is C25H29F2N5O4. The average molecular weight is 502 g/mol. The Labute approximate surface area is 206 Å². The number of hydrogen-bond acceptors (Lipinski definition) is 8. The summed E-state index contributed by atoms with van der Waals surface area (Å²) in [7, 11) is 1.61. The third-order valence-corrected chi connectivity index (χ3v) is 6.59. The van der Waals surface area contributed by atoms with Crippen molar-refractivity contribution in [2.75, 3.05) is 40.0 Å². The van der Waals surface area contributed by atoms with Crippen molar-refractivity contribution in [3.8, 4) is 16.9 Å². The van der Waals surface area contributed by atoms with Gasteiger partial charge in [-0.25, -0.2) is 4.98 Å². The fraction of sp³-hybridized carbons (Fsp3) is 0.480. The van der Waals surface area contributed by atoms with Crippen LogP contribution in [0, 0.1) is 13.8 Å². The van der Waals surface area contributed by atoms with Gasteiger partial charge in [-0.05, 0) is 32.9 Å². The zero-order valence-corrected chi connectivity index (χ0v) is 20.8. The van der Waals surface area contributed by atoms with E-state index >= 15 is 0 Å². The lowest BCUT2D eigenvalue weighted by atomic mass is 10.0. The fourth-order valence-corrected chi connectivity index (χ4v) is 4.92. The minimum atomic E-state index is -2.85. The average Bonchev–Trinajstić information content (AvgIpc) is 3.41. The lowest BCUT2D eigenvalue weighted by molar-refractivity contribution is -0.135. The highest BCUT2D eigenvalue weighted by molar-refractivity contribution is 6.05. The number of aromatic nitrogens is 4. The summed E-state index contributed by atoms with van der Waals surface area (Å²) in [5.74, 6) is 2.08. The molecule has 1 saturated heterocycles. The lowest BCUT2D eigenvalue weighted by Crippen LogP contribution is -2.36. The Kier molecular flexibility index (Phi) is 6.87. The molecule has 0 bridgehead atoms. The van der Waals surface area contributed by atoms with Crippen LogP contribution in [0.3, 0.4) is 0 Å². The van der Waals surface area contributed by atoms with Gasteiger partial charge in [0.1, 0.15) is 22.9 Å². The van der Waals surface area contributed by atoms with Crippen LogP contribution >= 0.6 is 0 Å². The minimum Gasteiger partial charge on any atom is -0.496 e. The van der Waals surface area contributed by atoms with Crippen molar-refractivity contribution in [2.45, 2.75) is 40.0 Å². The second-order valence-corrected chi connectivity index (χ2v) is 8.99. The second-order valence-electron chi connectivity index (χ2n) is 8.99. The van der Waals surface area contributed by atoms with Gasteiger partial charge in [0.05, 0.1) is 68.0 Å². The second kappa shape index (κ2) is 10.1. The van der Waals surface area contributed by atoms with Crippen molar-refractivity contribution in [1.29, 1.82) is 0 Å². The molecule has 36 heavy (non-hydrogen) atoms. The lowest BCUT2D eigenvalue weighted by Gasteiger charge is -2.27. The highest BCUT2D eigenvalue weighted by Crippen LogP contribution is 2.39. The van der Waals surface area contributed by atoms with Gasteiger partial charge in [0, 0.05) is 24.0 Å². The van der Waals surface area contributed by atoms with Crippen molar-refractivity contribution in [3.63, 3.8) is 0 Å². The molecule has 0 aliphatic carbocycles. The molecule has 1 atom stereocenters. The van der Waals surface area contributed by atoms with Crippen LogP contribution in [0.15, 0.2) is 22.9 Å². The number of imidazole rings is 1. The van der Waals surface area contributed by atoms with Crippen LogP contribution < -0.4 is 4.74 Å². The molecule has 1 aromatic carbocycles. The number of rotatable bonds is 8. The minimum absolute atomic E-state index is 0.155. The zero-order chi connectivity index (χ0) is 25.4. The van der Waals surface area contributed by atoms with E-state index in [1.165, 1.54) is 0 Å². The van der Waals surface area contributed by atoms with Crippen LogP contribution in [-0.4, -0.2) is 71.2 Å². The SMILES string of the molecule is COc1cc2c(cc1-c1c(C)noc1C)ncc1nc(CN3CCOCC3)n(C(C)COC(F)F)c12. The molecule has 9 nitrogen and oxygen atoms in total. The molecule has 0 N–H and O–H groups in total. The van der Waals surface area contributed by atoms with Gasteiger partial charge in [-0.1, -0.05) is 5.16 Å². The van der Waals surface area contributed by atoms with Crippen molar-refractivity contribution in [2.24, 2.45) is 0 Å². The Morgan fingerprint density at radius 1 is 1.14 bits per heavy atom. The van der Waals surface area contributed by atoms with E-state index in [1.54, 1.807) is 13.3 Å². The van der Waals surface area contributed by atoms with Gasteiger partial charge in [-0.2, -0.15) is 8.78 Å². The number of nitrogens with zero attached hydrogens (tertiary/aromatic N) is 5. The molecule has 192 valence electrons. The Hall–Kier alpha value is -3.15. The number of halogens is 2. The van der Waals surface area contributed by atoms with Crippen LogP contribution in [0.25, 0.3) is 33.1 Å². The van der Waals surface area contributed by atoms with Crippen LogP contribution in [0.4, 0.5) is 8.78 Å². The number of benzene rings is 1. The first-order valence-corrected chi connectivity index (χ1v) is 11.9. The van der Waals surface area contributed by atoms with Gasteiger partial charge in [-0.15, -0.1) is 0 Å². The molecule has 11 heteroatoms. The zero-order valence-electron chi connectivity index (χ0n) is 20.8. The Morgan fingerprint density at radius 2 is 1.92 bits per heavy atom. The summed E-state index contributed by atoms with van der Waals surface area (Å²) in [6.07, 6.45) is 1.72. The number of pyridine rings is 1.